The molecule has 14 heteroatoms. The highest BCUT2D eigenvalue weighted by atomic mass is 127. The summed E-state index contributed by atoms with van der Waals surface area (Å²) in [6, 6.07) is 1.38. The van der Waals surface area contributed by atoms with Gasteiger partial charge in [-0.3, -0.25) is 14.4 Å². The van der Waals surface area contributed by atoms with Gasteiger partial charge in [0.1, 0.15) is 18.8 Å². The molecule has 0 spiro atoms. The smallest absolute Gasteiger partial charge is 0.406 e. The van der Waals surface area contributed by atoms with Crippen molar-refractivity contribution in [3.05, 3.63) is 32.9 Å². The van der Waals surface area contributed by atoms with Crippen LogP contribution in [0.3, 0.4) is 0 Å². The second-order valence-electron chi connectivity index (χ2n) is 8.11. The number of ether oxygens (including phenoxy) is 2. The van der Waals surface area contributed by atoms with E-state index in [-0.39, 0.29) is 41.5 Å². The Balaban J connectivity index is 2.57. The highest BCUT2D eigenvalue weighted by molar-refractivity contribution is 14.1. The maximum absolute atomic E-state index is 13.4. The van der Waals surface area contributed by atoms with Crippen LogP contribution >= 0.6 is 22.6 Å². The molecule has 4 N–H and O–H groups in total. The number of hydrogen-bond donors (Lipinski definition) is 4. The number of benzene rings is 1. The first-order valence-electron chi connectivity index (χ1n) is 11.2. The topological polar surface area (TPSA) is 146 Å². The minimum atomic E-state index is -4.90. The average molecular weight is 644 g/mol. The zero-order chi connectivity index (χ0) is 27.9. The molecule has 2 rings (SSSR count). The van der Waals surface area contributed by atoms with Crippen LogP contribution in [0.1, 0.15) is 25.3 Å². The first kappa shape index (κ1) is 30.8. The van der Waals surface area contributed by atoms with E-state index in [0.29, 0.717) is 9.13 Å². The quantitative estimate of drug-likeness (QED) is 0.207. The summed E-state index contributed by atoms with van der Waals surface area (Å²) in [5.74, 6) is -3.06. The van der Waals surface area contributed by atoms with Gasteiger partial charge in [0, 0.05) is 25.0 Å². The number of methoxy groups -OCH3 is 1. The third-order valence-corrected chi connectivity index (χ3v) is 6.31. The molecule has 1 aromatic carbocycles. The standard InChI is InChI=1S/C23H28F3IN2O8/c1-3-16(32)22(35)29(11-23(24,25)26)15-8-13(21(34)28-4-5-30)9-17(19(15)33)37-20-14(27)6-12(10-31)7-18(20)36-2/h6-7,9,15,17,19,30-31,33H,3-5,8,10-11H2,1-2H3,(H,28,34). The number of nitrogens with one attached hydrogen (secondary N) is 1. The van der Waals surface area contributed by atoms with E-state index in [1.165, 1.54) is 26.2 Å². The van der Waals surface area contributed by atoms with Crippen molar-refractivity contribution in [3.8, 4) is 11.5 Å². The number of nitrogens with zero attached hydrogens (tertiary/aromatic N) is 1. The predicted molar refractivity (Wildman–Crippen MR) is 132 cm³/mol. The summed E-state index contributed by atoms with van der Waals surface area (Å²) in [6.07, 6.45) is -7.77. The van der Waals surface area contributed by atoms with Crippen LogP contribution in [0.5, 0.6) is 11.5 Å². The Bertz CT molecular complexity index is 1030. The molecular formula is C23H28F3IN2O8. The second-order valence-corrected chi connectivity index (χ2v) is 9.27. The maximum atomic E-state index is 13.4. The van der Waals surface area contributed by atoms with Gasteiger partial charge >= 0.3 is 6.18 Å². The lowest BCUT2D eigenvalue weighted by Crippen LogP contribution is -2.58. The molecule has 1 aliphatic rings. The van der Waals surface area contributed by atoms with E-state index in [9.17, 15) is 37.8 Å². The molecule has 0 aromatic heterocycles. The van der Waals surface area contributed by atoms with E-state index in [1.54, 1.807) is 6.07 Å². The van der Waals surface area contributed by atoms with Crippen molar-refractivity contribution in [3.63, 3.8) is 0 Å². The fourth-order valence-corrected chi connectivity index (χ4v) is 4.53. The zero-order valence-corrected chi connectivity index (χ0v) is 22.2. The average Bonchev–Trinajstić information content (AvgIpc) is 2.86. The van der Waals surface area contributed by atoms with Crippen LogP contribution in [0, 0.1) is 3.57 Å². The normalized spacial score (nSPS) is 19.6. The van der Waals surface area contributed by atoms with Crippen molar-refractivity contribution in [2.75, 3.05) is 26.8 Å². The van der Waals surface area contributed by atoms with Gasteiger partial charge in [0.25, 0.3) is 5.91 Å². The minimum absolute atomic E-state index is 0.0784. The molecule has 3 unspecified atom stereocenters. The zero-order valence-electron chi connectivity index (χ0n) is 20.0. The molecule has 0 saturated carbocycles. The monoisotopic (exact) mass is 644 g/mol. The number of aliphatic hydroxyl groups is 3. The molecule has 0 saturated heterocycles. The number of alkyl halides is 3. The molecule has 0 heterocycles. The van der Waals surface area contributed by atoms with Gasteiger partial charge in [0.05, 0.1) is 29.9 Å². The van der Waals surface area contributed by atoms with Crippen molar-refractivity contribution < 1.29 is 52.3 Å². The predicted octanol–water partition coefficient (Wildman–Crippen LogP) is 1.08. The Labute approximate surface area is 224 Å². The van der Waals surface area contributed by atoms with Gasteiger partial charge in [0.15, 0.2) is 11.5 Å². The van der Waals surface area contributed by atoms with Crippen molar-refractivity contribution in [1.29, 1.82) is 0 Å². The van der Waals surface area contributed by atoms with E-state index in [4.69, 9.17) is 14.6 Å². The van der Waals surface area contributed by atoms with Gasteiger partial charge in [-0.05, 0) is 46.4 Å². The Hall–Kier alpha value is -2.43. The van der Waals surface area contributed by atoms with Gasteiger partial charge in [0.2, 0.25) is 11.7 Å². The highest BCUT2D eigenvalue weighted by Gasteiger charge is 2.45. The number of ketones is 1. The van der Waals surface area contributed by atoms with E-state index in [1.807, 2.05) is 22.6 Å². The first-order valence-corrected chi connectivity index (χ1v) is 12.3. The van der Waals surface area contributed by atoms with Crippen LogP contribution in [0.25, 0.3) is 0 Å². The summed E-state index contributed by atoms with van der Waals surface area (Å²) in [7, 11) is 1.32. The Morgan fingerprint density at radius 3 is 2.46 bits per heavy atom. The molecular weight excluding hydrogens is 616 g/mol. The third-order valence-electron chi connectivity index (χ3n) is 5.51. The van der Waals surface area contributed by atoms with Gasteiger partial charge in [-0.15, -0.1) is 0 Å². The van der Waals surface area contributed by atoms with E-state index in [2.05, 4.69) is 5.32 Å². The van der Waals surface area contributed by atoms with Gasteiger partial charge < -0.3 is 35.0 Å². The van der Waals surface area contributed by atoms with Gasteiger partial charge in [-0.2, -0.15) is 13.2 Å². The van der Waals surface area contributed by atoms with Gasteiger partial charge in [-0.1, -0.05) is 6.92 Å². The summed E-state index contributed by atoms with van der Waals surface area (Å²) in [6.45, 7) is -1.38. The molecule has 1 aromatic rings. The number of carbonyl (C=O) groups excluding carboxylic acids is 3. The molecule has 0 aliphatic heterocycles. The third kappa shape index (κ3) is 8.02. The maximum Gasteiger partial charge on any atom is 0.406 e. The van der Waals surface area contributed by atoms with Crippen LogP contribution in [0.2, 0.25) is 0 Å². The number of aliphatic hydroxyl groups excluding tert-OH is 3. The molecule has 3 atom stereocenters. The molecule has 0 radical (unpaired) electrons. The molecule has 0 fully saturated rings. The SMILES string of the molecule is CCC(=O)C(=O)N(CC(F)(F)F)C1CC(C(=O)NCCO)=CC(Oc2c(I)cc(CO)cc2OC)C1O. The summed E-state index contributed by atoms with van der Waals surface area (Å²) in [5, 5.41) is 31.9. The van der Waals surface area contributed by atoms with Crippen LogP contribution in [-0.4, -0.2) is 89.0 Å². The van der Waals surface area contributed by atoms with Crippen molar-refractivity contribution >= 4 is 40.2 Å². The van der Waals surface area contributed by atoms with Gasteiger partial charge in [-0.25, -0.2) is 0 Å². The number of carbonyl (C=O) groups is 3. The Morgan fingerprint density at radius 2 is 1.92 bits per heavy atom. The van der Waals surface area contributed by atoms with Crippen LogP contribution < -0.4 is 14.8 Å². The Kier molecular flexibility index (Phi) is 11.1. The molecule has 1 aliphatic carbocycles. The first-order chi connectivity index (χ1) is 17.4. The summed E-state index contributed by atoms with van der Waals surface area (Å²) in [4.78, 5) is 37.6. The highest BCUT2D eigenvalue weighted by Crippen LogP contribution is 2.37. The van der Waals surface area contributed by atoms with E-state index in [0.717, 1.165) is 0 Å². The molecule has 2 amide bonds. The lowest BCUT2D eigenvalue weighted by atomic mass is 9.87. The number of hydrogen-bond acceptors (Lipinski definition) is 8. The van der Waals surface area contributed by atoms with Crippen LogP contribution in [0.4, 0.5) is 13.2 Å². The van der Waals surface area contributed by atoms with Crippen LogP contribution in [0.15, 0.2) is 23.8 Å². The molecule has 37 heavy (non-hydrogen) atoms. The fraction of sp³-hybridized carbons (Fsp3) is 0.522. The number of Topliss-reactive ketones (excluding diaryl/α,β-unsaturated/α-hetero) is 1. The molecule has 206 valence electrons. The summed E-state index contributed by atoms with van der Waals surface area (Å²) in [5.41, 5.74) is 0.369. The van der Waals surface area contributed by atoms with Crippen molar-refractivity contribution in [2.45, 2.75) is 50.8 Å². The second kappa shape index (κ2) is 13.4. The van der Waals surface area contributed by atoms with Crippen molar-refractivity contribution in [1.82, 2.24) is 10.2 Å². The number of amides is 2. The Morgan fingerprint density at radius 1 is 1.24 bits per heavy atom. The number of rotatable bonds is 11. The number of halogens is 4. The lowest BCUT2D eigenvalue weighted by molar-refractivity contribution is -0.174. The largest absolute Gasteiger partial charge is 0.493 e. The summed E-state index contributed by atoms with van der Waals surface area (Å²) < 4.78 is 51.9. The van der Waals surface area contributed by atoms with E-state index < -0.39 is 61.6 Å². The lowest BCUT2D eigenvalue weighted by Gasteiger charge is -2.40. The molecule has 0 bridgehead atoms. The van der Waals surface area contributed by atoms with Crippen LogP contribution in [-0.2, 0) is 21.0 Å². The van der Waals surface area contributed by atoms with Crippen molar-refractivity contribution in [2.24, 2.45) is 0 Å². The minimum Gasteiger partial charge on any atom is -0.493 e. The van der Waals surface area contributed by atoms with E-state index >= 15 is 0 Å². The summed E-state index contributed by atoms with van der Waals surface area (Å²) >= 11 is 1.88. The molecule has 10 nitrogen and oxygen atoms in total. The fourth-order valence-electron chi connectivity index (χ4n) is 3.74.